The van der Waals surface area contributed by atoms with Gasteiger partial charge in [0.2, 0.25) is 0 Å². The van der Waals surface area contributed by atoms with Gasteiger partial charge in [-0.25, -0.2) is 4.79 Å². The smallest absolute Gasteiger partial charge is 0.323 e. The highest BCUT2D eigenvalue weighted by Gasteiger charge is 2.33. The fraction of sp³-hybridized carbons (Fsp3) is 0.769. The molecule has 118 valence electrons. The third-order valence-corrected chi connectivity index (χ3v) is 4.09. The van der Waals surface area contributed by atoms with Gasteiger partial charge in [-0.05, 0) is 32.2 Å². The van der Waals surface area contributed by atoms with Gasteiger partial charge >= 0.3 is 18.0 Å². The fourth-order valence-corrected chi connectivity index (χ4v) is 3.15. The van der Waals surface area contributed by atoms with Crippen molar-refractivity contribution in [2.75, 3.05) is 26.2 Å². The van der Waals surface area contributed by atoms with Gasteiger partial charge < -0.3 is 25.3 Å². The number of carboxylic acids is 2. The summed E-state index contributed by atoms with van der Waals surface area (Å²) in [6.07, 6.45) is 3.96. The van der Waals surface area contributed by atoms with Crippen molar-refractivity contribution >= 4 is 18.0 Å². The molecule has 2 heterocycles. The van der Waals surface area contributed by atoms with Crippen molar-refractivity contribution in [2.45, 2.75) is 37.8 Å². The van der Waals surface area contributed by atoms with Crippen molar-refractivity contribution in [1.29, 1.82) is 0 Å². The number of piperidine rings is 1. The molecule has 8 heteroatoms. The van der Waals surface area contributed by atoms with Crippen LogP contribution < -0.4 is 5.32 Å². The van der Waals surface area contributed by atoms with E-state index in [1.165, 1.54) is 6.42 Å². The molecule has 2 rings (SSSR count). The molecule has 0 aromatic rings. The van der Waals surface area contributed by atoms with E-state index in [4.69, 9.17) is 10.2 Å². The number of nitrogens with zero attached hydrogens (tertiary/aromatic N) is 2. The first kappa shape index (κ1) is 15.6. The van der Waals surface area contributed by atoms with Gasteiger partial charge in [-0.1, -0.05) is 0 Å². The van der Waals surface area contributed by atoms with E-state index < -0.39 is 31.1 Å². The van der Waals surface area contributed by atoms with E-state index in [0.717, 1.165) is 37.3 Å². The topological polar surface area (TPSA) is 110 Å². The summed E-state index contributed by atoms with van der Waals surface area (Å²) < 4.78 is 0. The molecule has 0 saturated carbocycles. The molecule has 0 bridgehead atoms. The van der Waals surface area contributed by atoms with Gasteiger partial charge in [0.15, 0.2) is 0 Å². The number of rotatable bonds is 5. The summed E-state index contributed by atoms with van der Waals surface area (Å²) in [7, 11) is 0. The zero-order chi connectivity index (χ0) is 15.4. The van der Waals surface area contributed by atoms with Crippen LogP contribution in [0.1, 0.15) is 25.7 Å². The number of carboxylic acid groups (broad SMARTS) is 2. The lowest BCUT2D eigenvalue weighted by Gasteiger charge is -2.35. The number of nitrogens with one attached hydrogen (secondary N) is 1. The summed E-state index contributed by atoms with van der Waals surface area (Å²) in [6.45, 7) is 0.809. The van der Waals surface area contributed by atoms with E-state index in [1.807, 2.05) is 0 Å². The average Bonchev–Trinajstić information content (AvgIpc) is 2.84. The lowest BCUT2D eigenvalue weighted by atomic mass is 9.98. The van der Waals surface area contributed by atoms with Crippen molar-refractivity contribution in [2.24, 2.45) is 0 Å². The average molecular weight is 299 g/mol. The van der Waals surface area contributed by atoms with Crippen LogP contribution in [0.15, 0.2) is 0 Å². The SMILES string of the molecule is O=C(O)CN(CC(=O)O)C(=O)NC1CCN2CCCC2C1. The van der Waals surface area contributed by atoms with Crippen LogP contribution in [-0.2, 0) is 9.59 Å². The number of carbonyl (C=O) groups excluding carboxylic acids is 1. The maximum atomic E-state index is 12.0. The Bertz CT molecular complexity index is 412. The molecule has 2 atom stereocenters. The number of amides is 2. The molecule has 2 amide bonds. The van der Waals surface area contributed by atoms with Crippen LogP contribution in [-0.4, -0.2) is 76.2 Å². The monoisotopic (exact) mass is 299 g/mol. The molecule has 0 aromatic carbocycles. The van der Waals surface area contributed by atoms with Gasteiger partial charge in [-0.3, -0.25) is 9.59 Å². The number of hydrogen-bond acceptors (Lipinski definition) is 4. The molecule has 2 fully saturated rings. The Kier molecular flexibility index (Phi) is 5.00. The third kappa shape index (κ3) is 4.32. The van der Waals surface area contributed by atoms with Gasteiger partial charge in [0.25, 0.3) is 0 Å². The second-order valence-corrected chi connectivity index (χ2v) is 5.65. The molecule has 0 spiro atoms. The van der Waals surface area contributed by atoms with E-state index in [2.05, 4.69) is 10.2 Å². The highest BCUT2D eigenvalue weighted by Crippen LogP contribution is 2.26. The fourth-order valence-electron chi connectivity index (χ4n) is 3.15. The minimum atomic E-state index is -1.22. The summed E-state index contributed by atoms with van der Waals surface area (Å²) in [4.78, 5) is 36.7. The normalized spacial score (nSPS) is 25.1. The van der Waals surface area contributed by atoms with Crippen molar-refractivity contribution < 1.29 is 24.6 Å². The van der Waals surface area contributed by atoms with Crippen molar-refractivity contribution in [1.82, 2.24) is 15.1 Å². The first-order valence-corrected chi connectivity index (χ1v) is 7.19. The quantitative estimate of drug-likeness (QED) is 0.648. The molecule has 2 saturated heterocycles. The third-order valence-electron chi connectivity index (χ3n) is 4.09. The summed E-state index contributed by atoms with van der Waals surface area (Å²) in [5, 5.41) is 20.3. The highest BCUT2D eigenvalue weighted by atomic mass is 16.4. The van der Waals surface area contributed by atoms with Crippen LogP contribution >= 0.6 is 0 Å². The number of hydrogen-bond donors (Lipinski definition) is 3. The molecule has 3 N–H and O–H groups in total. The van der Waals surface area contributed by atoms with Gasteiger partial charge in [-0.15, -0.1) is 0 Å². The van der Waals surface area contributed by atoms with Crippen LogP contribution in [0.5, 0.6) is 0 Å². The lowest BCUT2D eigenvalue weighted by molar-refractivity contribution is -0.140. The molecular formula is C13H21N3O5. The molecule has 21 heavy (non-hydrogen) atoms. The van der Waals surface area contributed by atoms with E-state index in [-0.39, 0.29) is 6.04 Å². The second-order valence-electron chi connectivity index (χ2n) is 5.65. The summed E-state index contributed by atoms with van der Waals surface area (Å²) >= 11 is 0. The largest absolute Gasteiger partial charge is 0.480 e. The molecule has 2 unspecified atom stereocenters. The molecule has 2 aliphatic rings. The predicted molar refractivity (Wildman–Crippen MR) is 73.0 cm³/mol. The van der Waals surface area contributed by atoms with Gasteiger partial charge in [0, 0.05) is 18.6 Å². The van der Waals surface area contributed by atoms with Crippen LogP contribution in [0.25, 0.3) is 0 Å². The minimum Gasteiger partial charge on any atom is -0.480 e. The number of carbonyl (C=O) groups is 3. The molecule has 0 aliphatic carbocycles. The first-order valence-electron chi connectivity index (χ1n) is 7.19. The second kappa shape index (κ2) is 6.75. The number of fused-ring (bicyclic) bond motifs is 1. The first-order chi connectivity index (χ1) is 9.95. The van der Waals surface area contributed by atoms with Crippen LogP contribution in [0, 0.1) is 0 Å². The molecule has 0 radical (unpaired) electrons. The number of urea groups is 1. The van der Waals surface area contributed by atoms with Crippen molar-refractivity contribution in [3.63, 3.8) is 0 Å². The Morgan fingerprint density at radius 3 is 2.38 bits per heavy atom. The Balaban J connectivity index is 1.88. The Hall–Kier alpha value is -1.83. The zero-order valence-electron chi connectivity index (χ0n) is 11.8. The Morgan fingerprint density at radius 2 is 1.76 bits per heavy atom. The molecule has 0 aromatic heterocycles. The lowest BCUT2D eigenvalue weighted by Crippen LogP contribution is -2.52. The van der Waals surface area contributed by atoms with Crippen LogP contribution in [0.4, 0.5) is 4.79 Å². The van der Waals surface area contributed by atoms with Gasteiger partial charge in [-0.2, -0.15) is 0 Å². The molecule has 2 aliphatic heterocycles. The standard InChI is InChI=1S/C13H21N3O5/c17-11(18)7-16(8-12(19)20)13(21)14-9-3-5-15-4-1-2-10(15)6-9/h9-10H,1-8H2,(H,14,21)(H,17,18)(H,19,20). The maximum Gasteiger partial charge on any atom is 0.323 e. The Labute approximate surface area is 122 Å². The van der Waals surface area contributed by atoms with Crippen molar-refractivity contribution in [3.05, 3.63) is 0 Å². The number of aliphatic carboxylic acids is 2. The van der Waals surface area contributed by atoms with Gasteiger partial charge in [0.1, 0.15) is 13.1 Å². The molecule has 8 nitrogen and oxygen atoms in total. The van der Waals surface area contributed by atoms with E-state index in [1.54, 1.807) is 0 Å². The minimum absolute atomic E-state index is 0.0121. The summed E-state index contributed by atoms with van der Waals surface area (Å²) in [5.74, 6) is -2.45. The van der Waals surface area contributed by atoms with Crippen LogP contribution in [0.3, 0.4) is 0 Å². The van der Waals surface area contributed by atoms with E-state index in [9.17, 15) is 14.4 Å². The van der Waals surface area contributed by atoms with E-state index >= 15 is 0 Å². The summed E-state index contributed by atoms with van der Waals surface area (Å²) in [6, 6.07) is -0.144. The van der Waals surface area contributed by atoms with Gasteiger partial charge in [0.05, 0.1) is 0 Å². The van der Waals surface area contributed by atoms with Crippen molar-refractivity contribution in [3.8, 4) is 0 Å². The maximum absolute atomic E-state index is 12.0. The van der Waals surface area contributed by atoms with E-state index in [0.29, 0.717) is 6.04 Å². The zero-order valence-corrected chi connectivity index (χ0v) is 11.8. The molecular weight excluding hydrogens is 278 g/mol. The summed E-state index contributed by atoms with van der Waals surface area (Å²) in [5.41, 5.74) is 0. The van der Waals surface area contributed by atoms with Crippen LogP contribution in [0.2, 0.25) is 0 Å². The highest BCUT2D eigenvalue weighted by molar-refractivity contribution is 5.84. The predicted octanol–water partition coefficient (Wildman–Crippen LogP) is -0.206. The Morgan fingerprint density at radius 1 is 1.10 bits per heavy atom.